The molecule has 6 heteroatoms. The van der Waals surface area contributed by atoms with Crippen molar-refractivity contribution in [3.8, 4) is 23.1 Å². The first-order valence-electron chi connectivity index (χ1n) is 9.69. The fourth-order valence-electron chi connectivity index (χ4n) is 3.91. The van der Waals surface area contributed by atoms with E-state index >= 15 is 0 Å². The number of nitrogen functional groups attached to an aromatic ring is 1. The van der Waals surface area contributed by atoms with E-state index in [9.17, 15) is 5.26 Å². The van der Waals surface area contributed by atoms with Gasteiger partial charge >= 0.3 is 0 Å². The third-order valence-electron chi connectivity index (χ3n) is 5.56. The Balaban J connectivity index is 1.64. The zero-order valence-corrected chi connectivity index (χ0v) is 16.7. The average Bonchev–Trinajstić information content (AvgIpc) is 3.32. The summed E-state index contributed by atoms with van der Waals surface area (Å²) in [7, 11) is 0. The molecule has 2 heterocycles. The van der Waals surface area contributed by atoms with Gasteiger partial charge in [-0.05, 0) is 49.1 Å². The predicted octanol–water partition coefficient (Wildman–Crippen LogP) is 5.52. The molecule has 5 rings (SSSR count). The number of fused-ring (bicyclic) bond motifs is 1. The molecule has 0 amide bonds. The lowest BCUT2D eigenvalue weighted by Gasteiger charge is -2.30. The fourth-order valence-corrected chi connectivity index (χ4v) is 4.44. The predicted molar refractivity (Wildman–Crippen MR) is 116 cm³/mol. The van der Waals surface area contributed by atoms with Crippen LogP contribution in [0.25, 0.3) is 22.2 Å². The van der Waals surface area contributed by atoms with E-state index in [1.165, 1.54) is 6.42 Å². The quantitative estimate of drug-likeness (QED) is 0.447. The molecule has 1 aliphatic carbocycles. The highest BCUT2D eigenvalue weighted by molar-refractivity contribution is 7.09. The van der Waals surface area contributed by atoms with Crippen LogP contribution in [0.5, 0.6) is 5.75 Å². The molecule has 0 radical (unpaired) electrons. The number of hydrogen-bond donors (Lipinski definition) is 1. The second-order valence-electron chi connectivity index (χ2n) is 7.31. The van der Waals surface area contributed by atoms with Gasteiger partial charge in [0.1, 0.15) is 23.4 Å². The number of nitrogens with two attached hydrogens (primary N) is 1. The second kappa shape index (κ2) is 7.26. The van der Waals surface area contributed by atoms with Crippen LogP contribution in [0, 0.1) is 11.3 Å². The van der Waals surface area contributed by atoms with Crippen molar-refractivity contribution in [2.45, 2.75) is 31.9 Å². The molecule has 29 heavy (non-hydrogen) atoms. The summed E-state index contributed by atoms with van der Waals surface area (Å²) in [4.78, 5) is 4.28. The molecule has 4 aromatic rings. The Kier molecular flexibility index (Phi) is 4.45. The second-order valence-corrected chi connectivity index (χ2v) is 8.28. The standard InChI is InChI=1S/C23H20N4OS/c24-13-20-19-9-8-18(28-14-22-26-10-11-29-22)12-21(19)27(17-2-1-3-17)23(20)15-4-6-16(25)7-5-15/h4-12,17H,1-3,14,25H2. The summed E-state index contributed by atoms with van der Waals surface area (Å²) < 4.78 is 8.32. The molecule has 0 bridgehead atoms. The Bertz CT molecular complexity index is 1200. The Labute approximate surface area is 173 Å². The van der Waals surface area contributed by atoms with Crippen molar-refractivity contribution in [1.29, 1.82) is 5.26 Å². The topological polar surface area (TPSA) is 76.9 Å². The number of ether oxygens (including phenoxy) is 1. The van der Waals surface area contributed by atoms with Gasteiger partial charge in [0.05, 0.1) is 16.8 Å². The van der Waals surface area contributed by atoms with Gasteiger partial charge in [0, 0.05) is 34.8 Å². The number of nitriles is 1. The number of thiazole rings is 1. The van der Waals surface area contributed by atoms with E-state index in [-0.39, 0.29) is 0 Å². The number of hydrogen-bond acceptors (Lipinski definition) is 5. The number of benzene rings is 2. The maximum atomic E-state index is 9.99. The van der Waals surface area contributed by atoms with Crippen molar-refractivity contribution in [1.82, 2.24) is 9.55 Å². The zero-order valence-electron chi connectivity index (χ0n) is 15.8. The number of nitrogens with zero attached hydrogens (tertiary/aromatic N) is 3. The van der Waals surface area contributed by atoms with Crippen LogP contribution in [0.2, 0.25) is 0 Å². The van der Waals surface area contributed by atoms with E-state index in [4.69, 9.17) is 10.5 Å². The van der Waals surface area contributed by atoms with Crippen molar-refractivity contribution in [2.24, 2.45) is 0 Å². The summed E-state index contributed by atoms with van der Waals surface area (Å²) in [5.41, 5.74) is 10.4. The van der Waals surface area contributed by atoms with Gasteiger partial charge in [0.25, 0.3) is 0 Å². The van der Waals surface area contributed by atoms with Crippen LogP contribution >= 0.6 is 11.3 Å². The van der Waals surface area contributed by atoms with Crippen molar-refractivity contribution >= 4 is 27.9 Å². The summed E-state index contributed by atoms with van der Waals surface area (Å²) in [5, 5.41) is 13.8. The van der Waals surface area contributed by atoms with Crippen LogP contribution in [-0.2, 0) is 6.61 Å². The van der Waals surface area contributed by atoms with Gasteiger partial charge in [-0.25, -0.2) is 4.98 Å². The van der Waals surface area contributed by atoms with Gasteiger partial charge in [-0.3, -0.25) is 0 Å². The lowest BCUT2D eigenvalue weighted by Crippen LogP contribution is -2.17. The Hall–Kier alpha value is -3.30. The van der Waals surface area contributed by atoms with Gasteiger partial charge < -0.3 is 15.0 Å². The summed E-state index contributed by atoms with van der Waals surface area (Å²) in [6.07, 6.45) is 5.25. The van der Waals surface area contributed by atoms with Gasteiger partial charge in [-0.2, -0.15) is 5.26 Å². The molecule has 2 aromatic heterocycles. The summed E-state index contributed by atoms with van der Waals surface area (Å²) in [6, 6.07) is 16.6. The number of rotatable bonds is 5. The van der Waals surface area contributed by atoms with Crippen LogP contribution < -0.4 is 10.5 Å². The molecule has 2 N–H and O–H groups in total. The van der Waals surface area contributed by atoms with Crippen molar-refractivity contribution in [3.05, 3.63) is 64.6 Å². The molecule has 5 nitrogen and oxygen atoms in total. The molecule has 144 valence electrons. The highest BCUT2D eigenvalue weighted by Gasteiger charge is 2.28. The first-order valence-corrected chi connectivity index (χ1v) is 10.6. The molecule has 0 spiro atoms. The van der Waals surface area contributed by atoms with E-state index in [1.54, 1.807) is 17.5 Å². The van der Waals surface area contributed by atoms with E-state index in [2.05, 4.69) is 21.7 Å². The number of anilines is 1. The maximum absolute atomic E-state index is 9.99. The lowest BCUT2D eigenvalue weighted by atomic mass is 9.92. The minimum absolute atomic E-state index is 0.404. The van der Waals surface area contributed by atoms with Crippen LogP contribution in [0.1, 0.15) is 35.9 Å². The van der Waals surface area contributed by atoms with Crippen LogP contribution in [-0.4, -0.2) is 9.55 Å². The third kappa shape index (κ3) is 3.14. The Morgan fingerprint density at radius 2 is 2.03 bits per heavy atom. The van der Waals surface area contributed by atoms with Crippen LogP contribution in [0.3, 0.4) is 0 Å². The van der Waals surface area contributed by atoms with E-state index in [1.807, 2.05) is 41.8 Å². The SMILES string of the molecule is N#Cc1c(-c2ccc(N)cc2)n(C2CCC2)c2cc(OCc3nccs3)ccc12. The lowest BCUT2D eigenvalue weighted by molar-refractivity contribution is 0.304. The number of aromatic nitrogens is 2. The van der Waals surface area contributed by atoms with Gasteiger partial charge in [0.15, 0.2) is 0 Å². The van der Waals surface area contributed by atoms with Gasteiger partial charge in [-0.15, -0.1) is 11.3 Å². The highest BCUT2D eigenvalue weighted by Crippen LogP contribution is 2.43. The van der Waals surface area contributed by atoms with Crippen LogP contribution in [0.4, 0.5) is 5.69 Å². The molecule has 0 aliphatic heterocycles. The highest BCUT2D eigenvalue weighted by atomic mass is 32.1. The smallest absolute Gasteiger partial charge is 0.140 e. The molecule has 0 unspecified atom stereocenters. The minimum Gasteiger partial charge on any atom is -0.486 e. The molecule has 0 atom stereocenters. The molecular formula is C23H20N4OS. The first-order chi connectivity index (χ1) is 14.2. The first kappa shape index (κ1) is 17.8. The third-order valence-corrected chi connectivity index (χ3v) is 6.31. The summed E-state index contributed by atoms with van der Waals surface area (Å²) in [5.74, 6) is 0.791. The van der Waals surface area contributed by atoms with Crippen molar-refractivity contribution in [3.63, 3.8) is 0 Å². The van der Waals surface area contributed by atoms with Crippen molar-refractivity contribution < 1.29 is 4.74 Å². The largest absolute Gasteiger partial charge is 0.486 e. The average molecular weight is 401 g/mol. The molecule has 1 aliphatic rings. The van der Waals surface area contributed by atoms with E-state index in [0.717, 1.165) is 51.4 Å². The fraction of sp³-hybridized carbons (Fsp3) is 0.217. The molecule has 0 saturated heterocycles. The van der Waals surface area contributed by atoms with Crippen LogP contribution in [0.15, 0.2) is 54.0 Å². The molecular weight excluding hydrogens is 380 g/mol. The Morgan fingerprint density at radius 1 is 1.21 bits per heavy atom. The summed E-state index contributed by atoms with van der Waals surface area (Å²) >= 11 is 1.58. The maximum Gasteiger partial charge on any atom is 0.140 e. The summed E-state index contributed by atoms with van der Waals surface area (Å²) in [6.45, 7) is 0.448. The normalized spacial score (nSPS) is 13.9. The molecule has 2 aromatic carbocycles. The monoisotopic (exact) mass is 400 g/mol. The van der Waals surface area contributed by atoms with Crippen molar-refractivity contribution in [2.75, 3.05) is 5.73 Å². The van der Waals surface area contributed by atoms with Gasteiger partial charge in [-0.1, -0.05) is 12.1 Å². The van der Waals surface area contributed by atoms with E-state index < -0.39 is 0 Å². The zero-order chi connectivity index (χ0) is 19.8. The molecule has 1 fully saturated rings. The van der Waals surface area contributed by atoms with Gasteiger partial charge in [0.2, 0.25) is 0 Å². The Morgan fingerprint density at radius 3 is 2.69 bits per heavy atom. The van der Waals surface area contributed by atoms with E-state index in [0.29, 0.717) is 18.2 Å². The molecule has 1 saturated carbocycles. The minimum atomic E-state index is 0.404.